The van der Waals surface area contributed by atoms with Crippen molar-refractivity contribution >= 4 is 11.9 Å². The highest BCUT2D eigenvalue weighted by Crippen LogP contribution is 2.40. The SMILES string of the molecule is CCN1C(=O)N[C@]2(CCOc3ccccc32)C1=O. The van der Waals surface area contributed by atoms with Crippen LogP contribution in [0.1, 0.15) is 18.9 Å². The Hall–Kier alpha value is -2.04. The van der Waals surface area contributed by atoms with Crippen LogP contribution in [0.15, 0.2) is 24.3 Å². The molecule has 5 nitrogen and oxygen atoms in total. The zero-order valence-electron chi connectivity index (χ0n) is 10.1. The summed E-state index contributed by atoms with van der Waals surface area (Å²) in [5.41, 5.74) is -0.173. The molecule has 0 aliphatic carbocycles. The first-order chi connectivity index (χ1) is 8.69. The van der Waals surface area contributed by atoms with E-state index in [0.717, 1.165) is 5.56 Å². The Labute approximate surface area is 105 Å². The Kier molecular flexibility index (Phi) is 2.29. The van der Waals surface area contributed by atoms with E-state index in [2.05, 4.69) is 5.32 Å². The number of benzene rings is 1. The third-order valence-corrected chi connectivity index (χ3v) is 3.57. The van der Waals surface area contributed by atoms with Crippen LogP contribution in [0.4, 0.5) is 4.79 Å². The fourth-order valence-corrected chi connectivity index (χ4v) is 2.66. The maximum Gasteiger partial charge on any atom is 0.325 e. The number of carbonyl (C=O) groups excluding carboxylic acids is 2. The van der Waals surface area contributed by atoms with Crippen molar-refractivity contribution in [2.75, 3.05) is 13.2 Å². The molecule has 0 unspecified atom stereocenters. The Balaban J connectivity index is 2.13. The van der Waals surface area contributed by atoms with E-state index in [9.17, 15) is 9.59 Å². The molecule has 1 N–H and O–H groups in total. The number of urea groups is 1. The van der Waals surface area contributed by atoms with Gasteiger partial charge in [0.05, 0.1) is 6.61 Å². The third-order valence-electron chi connectivity index (χ3n) is 3.57. The number of nitrogens with zero attached hydrogens (tertiary/aromatic N) is 1. The average Bonchev–Trinajstić information content (AvgIpc) is 2.62. The monoisotopic (exact) mass is 246 g/mol. The average molecular weight is 246 g/mol. The van der Waals surface area contributed by atoms with Crippen LogP contribution in [0.25, 0.3) is 0 Å². The van der Waals surface area contributed by atoms with Crippen molar-refractivity contribution in [3.63, 3.8) is 0 Å². The first-order valence-electron chi connectivity index (χ1n) is 6.05. The number of para-hydroxylation sites is 1. The van der Waals surface area contributed by atoms with Crippen LogP contribution in [0.5, 0.6) is 5.75 Å². The number of amides is 3. The van der Waals surface area contributed by atoms with E-state index in [-0.39, 0.29) is 11.9 Å². The predicted octanol–water partition coefficient (Wildman–Crippen LogP) is 1.24. The molecule has 1 saturated heterocycles. The van der Waals surface area contributed by atoms with Crippen molar-refractivity contribution in [3.05, 3.63) is 29.8 Å². The highest BCUT2D eigenvalue weighted by molar-refractivity contribution is 6.07. The van der Waals surface area contributed by atoms with E-state index >= 15 is 0 Å². The van der Waals surface area contributed by atoms with Crippen LogP contribution >= 0.6 is 0 Å². The van der Waals surface area contributed by atoms with Crippen LogP contribution in [-0.2, 0) is 10.3 Å². The van der Waals surface area contributed by atoms with Gasteiger partial charge in [-0.1, -0.05) is 18.2 Å². The number of fused-ring (bicyclic) bond motifs is 2. The Bertz CT molecular complexity index is 529. The molecule has 2 heterocycles. The maximum atomic E-state index is 12.5. The number of rotatable bonds is 1. The molecule has 0 aromatic heterocycles. The fourth-order valence-electron chi connectivity index (χ4n) is 2.66. The van der Waals surface area contributed by atoms with Gasteiger partial charge >= 0.3 is 6.03 Å². The summed E-state index contributed by atoms with van der Waals surface area (Å²) in [5.74, 6) is 0.501. The summed E-state index contributed by atoms with van der Waals surface area (Å²) in [5, 5.41) is 2.83. The van der Waals surface area contributed by atoms with Crippen molar-refractivity contribution in [2.45, 2.75) is 18.9 Å². The Morgan fingerprint density at radius 3 is 2.89 bits per heavy atom. The largest absolute Gasteiger partial charge is 0.493 e. The van der Waals surface area contributed by atoms with Crippen molar-refractivity contribution in [1.82, 2.24) is 10.2 Å². The van der Waals surface area contributed by atoms with Gasteiger partial charge in [-0.25, -0.2) is 4.79 Å². The van der Waals surface area contributed by atoms with Crippen molar-refractivity contribution in [2.24, 2.45) is 0 Å². The number of hydrogen-bond acceptors (Lipinski definition) is 3. The summed E-state index contributed by atoms with van der Waals surface area (Å²) >= 11 is 0. The lowest BCUT2D eigenvalue weighted by Crippen LogP contribution is -2.47. The number of likely N-dealkylation sites (N-methyl/N-ethyl adjacent to an activating group) is 1. The minimum Gasteiger partial charge on any atom is -0.493 e. The summed E-state index contributed by atoms with van der Waals surface area (Å²) in [6.07, 6.45) is 0.477. The second-order valence-electron chi connectivity index (χ2n) is 4.48. The molecule has 1 spiro atoms. The number of hydrogen-bond donors (Lipinski definition) is 1. The van der Waals surface area contributed by atoms with E-state index in [0.29, 0.717) is 25.3 Å². The van der Waals surface area contributed by atoms with Gasteiger partial charge < -0.3 is 10.1 Å². The molecule has 0 radical (unpaired) electrons. The van der Waals surface area contributed by atoms with Gasteiger partial charge in [0.25, 0.3) is 5.91 Å². The second-order valence-corrected chi connectivity index (χ2v) is 4.48. The predicted molar refractivity (Wildman–Crippen MR) is 64.2 cm³/mol. The van der Waals surface area contributed by atoms with E-state index in [1.165, 1.54) is 4.90 Å². The van der Waals surface area contributed by atoms with Gasteiger partial charge in [-0.15, -0.1) is 0 Å². The second kappa shape index (κ2) is 3.73. The molecular weight excluding hydrogens is 232 g/mol. The summed E-state index contributed by atoms with van der Waals surface area (Å²) in [4.78, 5) is 25.6. The number of ether oxygens (including phenoxy) is 1. The number of imide groups is 1. The van der Waals surface area contributed by atoms with Gasteiger partial charge in [0, 0.05) is 18.5 Å². The zero-order chi connectivity index (χ0) is 12.8. The van der Waals surface area contributed by atoms with Crippen molar-refractivity contribution < 1.29 is 14.3 Å². The van der Waals surface area contributed by atoms with Crippen LogP contribution < -0.4 is 10.1 Å². The molecule has 18 heavy (non-hydrogen) atoms. The van der Waals surface area contributed by atoms with E-state index in [1.807, 2.05) is 24.3 Å². The lowest BCUT2D eigenvalue weighted by molar-refractivity contribution is -0.132. The minimum atomic E-state index is -0.929. The minimum absolute atomic E-state index is 0.175. The van der Waals surface area contributed by atoms with E-state index in [1.54, 1.807) is 6.92 Å². The van der Waals surface area contributed by atoms with Gasteiger partial charge in [-0.2, -0.15) is 0 Å². The Morgan fingerprint density at radius 2 is 2.17 bits per heavy atom. The molecule has 0 saturated carbocycles. The van der Waals surface area contributed by atoms with Crippen LogP contribution in [0, 0.1) is 0 Å². The number of carbonyl (C=O) groups is 2. The summed E-state index contributed by atoms with van der Waals surface area (Å²) in [7, 11) is 0. The van der Waals surface area contributed by atoms with Crippen molar-refractivity contribution in [1.29, 1.82) is 0 Å². The first-order valence-corrected chi connectivity index (χ1v) is 6.05. The van der Waals surface area contributed by atoms with E-state index in [4.69, 9.17) is 4.74 Å². The molecule has 2 aliphatic rings. The summed E-state index contributed by atoms with van der Waals surface area (Å²) in [6.45, 7) is 2.61. The molecule has 94 valence electrons. The molecule has 2 aliphatic heterocycles. The smallest absolute Gasteiger partial charge is 0.325 e. The summed E-state index contributed by atoms with van der Waals surface area (Å²) < 4.78 is 5.54. The highest BCUT2D eigenvalue weighted by Gasteiger charge is 2.54. The van der Waals surface area contributed by atoms with Gasteiger partial charge in [0.2, 0.25) is 0 Å². The molecule has 0 bridgehead atoms. The highest BCUT2D eigenvalue weighted by atomic mass is 16.5. The molecule has 1 atom stereocenters. The lowest BCUT2D eigenvalue weighted by Gasteiger charge is -2.33. The van der Waals surface area contributed by atoms with Gasteiger partial charge in [-0.3, -0.25) is 9.69 Å². The van der Waals surface area contributed by atoms with E-state index < -0.39 is 5.54 Å². The maximum absolute atomic E-state index is 12.5. The molecule has 3 amide bonds. The molecule has 3 rings (SSSR count). The normalized spacial score (nSPS) is 25.9. The third kappa shape index (κ3) is 1.27. The number of nitrogens with one attached hydrogen (secondary N) is 1. The van der Waals surface area contributed by atoms with Crippen LogP contribution in [-0.4, -0.2) is 30.0 Å². The molecule has 1 aromatic carbocycles. The van der Waals surface area contributed by atoms with Gasteiger partial charge in [0.1, 0.15) is 5.75 Å². The van der Waals surface area contributed by atoms with Crippen LogP contribution in [0.3, 0.4) is 0 Å². The zero-order valence-corrected chi connectivity index (χ0v) is 10.1. The Morgan fingerprint density at radius 1 is 1.39 bits per heavy atom. The molecular formula is C13H14N2O3. The lowest BCUT2D eigenvalue weighted by atomic mass is 9.84. The van der Waals surface area contributed by atoms with Gasteiger partial charge in [-0.05, 0) is 13.0 Å². The van der Waals surface area contributed by atoms with Gasteiger partial charge in [0.15, 0.2) is 5.54 Å². The molecule has 1 aromatic rings. The van der Waals surface area contributed by atoms with Crippen LogP contribution in [0.2, 0.25) is 0 Å². The molecule has 1 fully saturated rings. The standard InChI is InChI=1S/C13H14N2O3/c1-2-15-11(16)13(14-12(15)17)7-8-18-10-6-4-3-5-9(10)13/h3-6H,2,7-8H2,1H3,(H,14,17)/t13-/m0/s1. The topological polar surface area (TPSA) is 58.6 Å². The quantitative estimate of drug-likeness (QED) is 0.758. The van der Waals surface area contributed by atoms with Crippen molar-refractivity contribution in [3.8, 4) is 5.75 Å². The molecule has 5 heteroatoms. The first kappa shape index (κ1) is 11.1. The summed E-state index contributed by atoms with van der Waals surface area (Å²) in [6, 6.07) is 7.05. The fraction of sp³-hybridized carbons (Fsp3) is 0.385.